The molecule has 18 heavy (non-hydrogen) atoms. The number of thiazole rings is 1. The van der Waals surface area contributed by atoms with Crippen LogP contribution in [0.5, 0.6) is 0 Å². The Morgan fingerprint density at radius 1 is 1.56 bits per heavy atom. The Morgan fingerprint density at radius 2 is 2.28 bits per heavy atom. The fraction of sp³-hybridized carbons (Fsp3) is 0.667. The van der Waals surface area contributed by atoms with Crippen molar-refractivity contribution >= 4 is 22.6 Å². The van der Waals surface area contributed by atoms with Crippen LogP contribution >= 0.6 is 11.3 Å². The fourth-order valence-electron chi connectivity index (χ4n) is 2.03. The summed E-state index contributed by atoms with van der Waals surface area (Å²) in [6, 6.07) is -0.0154. The van der Waals surface area contributed by atoms with Crippen LogP contribution in [0.2, 0.25) is 0 Å². The average molecular weight is 269 g/mol. The van der Waals surface area contributed by atoms with E-state index in [9.17, 15) is 4.79 Å². The second-order valence-corrected chi connectivity index (χ2v) is 6.52. The minimum absolute atomic E-state index is 0.0154. The number of nitrogens with one attached hydrogen (secondary N) is 1. The highest BCUT2D eigenvalue weighted by atomic mass is 32.1. The van der Waals surface area contributed by atoms with E-state index in [0.29, 0.717) is 5.13 Å². The molecule has 2 rings (SSSR count). The normalized spacial score (nSPS) is 19.2. The summed E-state index contributed by atoms with van der Waals surface area (Å²) in [4.78, 5) is 17.1. The van der Waals surface area contributed by atoms with Gasteiger partial charge in [-0.2, -0.15) is 0 Å². The molecule has 1 aliphatic carbocycles. The van der Waals surface area contributed by atoms with Gasteiger partial charge in [-0.05, 0) is 40.0 Å². The van der Waals surface area contributed by atoms with Crippen molar-refractivity contribution in [1.82, 2.24) is 10.3 Å². The molecule has 1 heterocycles. The van der Waals surface area contributed by atoms with E-state index in [4.69, 9.17) is 10.5 Å². The minimum Gasteiger partial charge on any atom is -0.444 e. The summed E-state index contributed by atoms with van der Waals surface area (Å²) in [5.74, 6) is 0. The van der Waals surface area contributed by atoms with E-state index < -0.39 is 5.60 Å². The zero-order valence-electron chi connectivity index (χ0n) is 10.9. The highest BCUT2D eigenvalue weighted by Gasteiger charge is 2.27. The molecule has 1 unspecified atom stereocenters. The zero-order chi connectivity index (χ0) is 13.3. The molecule has 1 aromatic rings. The number of hydrogen-bond acceptors (Lipinski definition) is 5. The van der Waals surface area contributed by atoms with E-state index in [0.717, 1.165) is 29.8 Å². The van der Waals surface area contributed by atoms with Gasteiger partial charge in [0.15, 0.2) is 5.13 Å². The van der Waals surface area contributed by atoms with Crippen molar-refractivity contribution in [2.75, 3.05) is 5.73 Å². The van der Waals surface area contributed by atoms with Crippen molar-refractivity contribution in [3.05, 3.63) is 10.6 Å². The predicted molar refractivity (Wildman–Crippen MR) is 71.6 cm³/mol. The summed E-state index contributed by atoms with van der Waals surface area (Å²) in [5.41, 5.74) is 6.26. The molecule has 100 valence electrons. The fourth-order valence-corrected chi connectivity index (χ4v) is 2.99. The lowest BCUT2D eigenvalue weighted by atomic mass is 9.98. The number of amides is 1. The van der Waals surface area contributed by atoms with Crippen LogP contribution in [0.4, 0.5) is 9.93 Å². The van der Waals surface area contributed by atoms with Crippen LogP contribution in [0.25, 0.3) is 0 Å². The molecule has 0 fully saturated rings. The van der Waals surface area contributed by atoms with Gasteiger partial charge < -0.3 is 15.8 Å². The van der Waals surface area contributed by atoms with Gasteiger partial charge in [-0.25, -0.2) is 9.78 Å². The van der Waals surface area contributed by atoms with Crippen molar-refractivity contribution in [3.63, 3.8) is 0 Å². The highest BCUT2D eigenvalue weighted by molar-refractivity contribution is 7.15. The van der Waals surface area contributed by atoms with Crippen molar-refractivity contribution in [3.8, 4) is 0 Å². The van der Waals surface area contributed by atoms with Gasteiger partial charge in [-0.15, -0.1) is 0 Å². The van der Waals surface area contributed by atoms with E-state index in [2.05, 4.69) is 10.3 Å². The number of fused-ring (bicyclic) bond motifs is 1. The first kappa shape index (κ1) is 13.1. The van der Waals surface area contributed by atoms with E-state index in [1.54, 1.807) is 0 Å². The van der Waals surface area contributed by atoms with Crippen molar-refractivity contribution < 1.29 is 9.53 Å². The molecule has 0 radical (unpaired) electrons. The molecule has 0 spiro atoms. The Bertz CT molecular complexity index is 451. The van der Waals surface area contributed by atoms with Crippen molar-refractivity contribution in [1.29, 1.82) is 0 Å². The van der Waals surface area contributed by atoms with Crippen molar-refractivity contribution in [2.24, 2.45) is 0 Å². The topological polar surface area (TPSA) is 77.2 Å². The number of ether oxygens (including phenoxy) is 1. The average Bonchev–Trinajstić information content (AvgIpc) is 2.56. The Labute approximate surface area is 111 Å². The summed E-state index contributed by atoms with van der Waals surface area (Å²) in [7, 11) is 0. The molecule has 0 saturated carbocycles. The number of nitrogen functional groups attached to an aromatic ring is 1. The van der Waals surface area contributed by atoms with Gasteiger partial charge in [0.2, 0.25) is 0 Å². The SMILES string of the molecule is CC(C)(C)OC(=O)NC1CCCc2nc(N)sc21. The van der Waals surface area contributed by atoms with Crippen LogP contribution < -0.4 is 11.1 Å². The third-order valence-electron chi connectivity index (χ3n) is 2.66. The van der Waals surface area contributed by atoms with Gasteiger partial charge in [0.1, 0.15) is 5.60 Å². The van der Waals surface area contributed by atoms with Crippen LogP contribution in [0.3, 0.4) is 0 Å². The third kappa shape index (κ3) is 3.13. The maximum Gasteiger partial charge on any atom is 0.408 e. The minimum atomic E-state index is -0.478. The summed E-state index contributed by atoms with van der Waals surface area (Å²) in [6.07, 6.45) is 2.48. The molecule has 0 aliphatic heterocycles. The smallest absolute Gasteiger partial charge is 0.408 e. The predicted octanol–water partition coefficient (Wildman–Crippen LogP) is 2.63. The maximum atomic E-state index is 11.8. The molecule has 0 saturated heterocycles. The first-order chi connectivity index (χ1) is 8.35. The van der Waals surface area contributed by atoms with Crippen LogP contribution in [-0.4, -0.2) is 16.7 Å². The number of nitrogens with zero attached hydrogens (tertiary/aromatic N) is 1. The molecule has 3 N–H and O–H groups in total. The highest BCUT2D eigenvalue weighted by Crippen LogP contribution is 2.35. The lowest BCUT2D eigenvalue weighted by molar-refractivity contribution is 0.0499. The molecule has 1 amide bonds. The largest absolute Gasteiger partial charge is 0.444 e. The van der Waals surface area contributed by atoms with Crippen LogP contribution in [0.15, 0.2) is 0 Å². The molecule has 1 atom stereocenters. The number of carbonyl (C=O) groups excluding carboxylic acids is 1. The zero-order valence-corrected chi connectivity index (χ0v) is 11.8. The lowest BCUT2D eigenvalue weighted by Gasteiger charge is -2.25. The number of carbonyl (C=O) groups is 1. The summed E-state index contributed by atoms with van der Waals surface area (Å²) in [6.45, 7) is 5.55. The van der Waals surface area contributed by atoms with Crippen LogP contribution in [-0.2, 0) is 11.2 Å². The van der Waals surface area contributed by atoms with Gasteiger partial charge in [-0.3, -0.25) is 0 Å². The Kier molecular flexibility index (Phi) is 3.47. The molecular formula is C12H19N3O2S. The van der Waals surface area contributed by atoms with E-state index in [1.807, 2.05) is 20.8 Å². The van der Waals surface area contributed by atoms with Gasteiger partial charge >= 0.3 is 6.09 Å². The molecule has 0 bridgehead atoms. The number of alkyl carbamates (subject to hydrolysis) is 1. The Hall–Kier alpha value is -1.30. The van der Waals surface area contributed by atoms with Gasteiger partial charge in [-0.1, -0.05) is 11.3 Å². The Morgan fingerprint density at radius 3 is 2.94 bits per heavy atom. The first-order valence-corrected chi connectivity index (χ1v) is 6.91. The second kappa shape index (κ2) is 4.76. The number of aromatic nitrogens is 1. The third-order valence-corrected chi connectivity index (χ3v) is 3.70. The number of hydrogen-bond donors (Lipinski definition) is 2. The van der Waals surface area contributed by atoms with Gasteiger partial charge in [0.05, 0.1) is 16.6 Å². The van der Waals surface area contributed by atoms with E-state index in [1.165, 1.54) is 11.3 Å². The monoisotopic (exact) mass is 269 g/mol. The summed E-state index contributed by atoms with van der Waals surface area (Å²) >= 11 is 1.45. The summed E-state index contributed by atoms with van der Waals surface area (Å²) < 4.78 is 5.27. The Balaban J connectivity index is 2.05. The van der Waals surface area contributed by atoms with E-state index >= 15 is 0 Å². The molecule has 5 nitrogen and oxygen atoms in total. The van der Waals surface area contributed by atoms with Crippen LogP contribution in [0.1, 0.15) is 50.2 Å². The maximum absolute atomic E-state index is 11.8. The molecule has 0 aromatic carbocycles. The molecule has 6 heteroatoms. The number of anilines is 1. The molecule has 1 aliphatic rings. The summed E-state index contributed by atoms with van der Waals surface area (Å²) in [5, 5.41) is 3.47. The van der Waals surface area contributed by atoms with Gasteiger partial charge in [0, 0.05) is 0 Å². The number of aryl methyl sites for hydroxylation is 1. The van der Waals surface area contributed by atoms with Crippen LogP contribution in [0, 0.1) is 0 Å². The second-order valence-electron chi connectivity index (χ2n) is 5.45. The van der Waals surface area contributed by atoms with Crippen molar-refractivity contribution in [2.45, 2.75) is 51.7 Å². The standard InChI is InChI=1S/C12H19N3O2S/c1-12(2,3)17-11(16)15-8-6-4-5-7-9(8)18-10(13)14-7/h8H,4-6H2,1-3H3,(H2,13,14)(H,15,16). The lowest BCUT2D eigenvalue weighted by Crippen LogP contribution is -2.35. The molecular weight excluding hydrogens is 250 g/mol. The van der Waals surface area contributed by atoms with E-state index in [-0.39, 0.29) is 12.1 Å². The quantitative estimate of drug-likeness (QED) is 0.821. The number of rotatable bonds is 1. The first-order valence-electron chi connectivity index (χ1n) is 6.10. The molecule has 1 aromatic heterocycles. The number of nitrogens with two attached hydrogens (primary N) is 1. The van der Waals surface area contributed by atoms with Gasteiger partial charge in [0.25, 0.3) is 0 Å².